The van der Waals surface area contributed by atoms with Crippen LogP contribution in [0, 0.1) is 0 Å². The molecule has 0 spiro atoms. The van der Waals surface area contributed by atoms with E-state index >= 15 is 0 Å². The van der Waals surface area contributed by atoms with Gasteiger partial charge in [-0.25, -0.2) is 9.47 Å². The molecular weight excluding hydrogens is 350 g/mol. The molecule has 6 heteroatoms. The van der Waals surface area contributed by atoms with Crippen molar-refractivity contribution >= 4 is 22.6 Å². The third-order valence-corrected chi connectivity index (χ3v) is 4.69. The number of benzene rings is 2. The van der Waals surface area contributed by atoms with Gasteiger partial charge in [-0.05, 0) is 42.7 Å². The van der Waals surface area contributed by atoms with Crippen LogP contribution >= 0.6 is 11.6 Å². The lowest BCUT2D eigenvalue weighted by molar-refractivity contribution is 0.309. The number of nitrogens with one attached hydrogen (secondary N) is 1. The van der Waals surface area contributed by atoms with Gasteiger partial charge in [-0.15, -0.1) is 0 Å². The molecule has 1 aromatic heterocycles. The maximum atomic E-state index is 12.4. The van der Waals surface area contributed by atoms with Crippen molar-refractivity contribution < 1.29 is 4.74 Å². The van der Waals surface area contributed by atoms with Crippen LogP contribution in [0.5, 0.6) is 5.75 Å². The van der Waals surface area contributed by atoms with E-state index in [0.29, 0.717) is 18.2 Å². The van der Waals surface area contributed by atoms with Gasteiger partial charge in [0, 0.05) is 13.6 Å². The number of unbranched alkanes of at least 4 members (excludes halogenated alkanes) is 1. The molecule has 1 N–H and O–H groups in total. The first-order valence-electron chi connectivity index (χ1n) is 8.93. The van der Waals surface area contributed by atoms with E-state index in [9.17, 15) is 4.79 Å². The van der Waals surface area contributed by atoms with Crippen molar-refractivity contribution in [1.29, 1.82) is 0 Å². The molecule has 0 bridgehead atoms. The molecule has 26 heavy (non-hydrogen) atoms. The zero-order chi connectivity index (χ0) is 18.5. The Kier molecular flexibility index (Phi) is 5.89. The number of fused-ring (bicyclic) bond motifs is 1. The summed E-state index contributed by atoms with van der Waals surface area (Å²) in [4.78, 5) is 12.4. The number of para-hydroxylation sites is 2. The fourth-order valence-electron chi connectivity index (χ4n) is 2.90. The Balaban J connectivity index is 1.65. The average Bonchev–Trinajstić information content (AvgIpc) is 2.89. The Morgan fingerprint density at radius 1 is 1.15 bits per heavy atom. The Morgan fingerprint density at radius 3 is 2.65 bits per heavy atom. The highest BCUT2D eigenvalue weighted by molar-refractivity contribution is 6.32. The van der Waals surface area contributed by atoms with E-state index in [-0.39, 0.29) is 5.69 Å². The van der Waals surface area contributed by atoms with Gasteiger partial charge in [0.1, 0.15) is 5.75 Å². The number of hydrogen-bond donors (Lipinski definition) is 1. The molecule has 3 aromatic rings. The molecule has 5 nitrogen and oxygen atoms in total. The van der Waals surface area contributed by atoms with Crippen LogP contribution in [-0.4, -0.2) is 22.4 Å². The van der Waals surface area contributed by atoms with Crippen LogP contribution in [0.1, 0.15) is 25.3 Å². The first-order valence-corrected chi connectivity index (χ1v) is 9.31. The molecule has 0 fully saturated rings. The summed E-state index contributed by atoms with van der Waals surface area (Å²) < 4.78 is 8.91. The number of ether oxygens (including phenoxy) is 1. The van der Waals surface area contributed by atoms with E-state index in [0.717, 1.165) is 41.6 Å². The van der Waals surface area contributed by atoms with Crippen molar-refractivity contribution in [3.8, 4) is 5.75 Å². The van der Waals surface area contributed by atoms with Gasteiger partial charge in [-0.2, -0.15) is 0 Å². The first-order chi connectivity index (χ1) is 12.6. The van der Waals surface area contributed by atoms with Gasteiger partial charge in [0.25, 0.3) is 0 Å². The van der Waals surface area contributed by atoms with Crippen LogP contribution in [0.3, 0.4) is 0 Å². The Labute approximate surface area is 158 Å². The minimum atomic E-state index is -0.0797. The van der Waals surface area contributed by atoms with Crippen LogP contribution < -0.4 is 15.9 Å². The SMILES string of the molecule is CCCCOc1ccc(CCNn2c(=O)n(C)c3ccccc32)cc1Cl. The van der Waals surface area contributed by atoms with Gasteiger partial charge < -0.3 is 10.2 Å². The molecule has 0 unspecified atom stereocenters. The summed E-state index contributed by atoms with van der Waals surface area (Å²) in [6.07, 6.45) is 2.86. The minimum absolute atomic E-state index is 0.0797. The highest BCUT2D eigenvalue weighted by Gasteiger charge is 2.09. The van der Waals surface area contributed by atoms with Crippen LogP contribution in [-0.2, 0) is 13.5 Å². The molecule has 0 aliphatic rings. The van der Waals surface area contributed by atoms with Crippen molar-refractivity contribution in [3.63, 3.8) is 0 Å². The average molecular weight is 374 g/mol. The summed E-state index contributed by atoms with van der Waals surface area (Å²) in [5.74, 6) is 0.724. The monoisotopic (exact) mass is 373 g/mol. The molecular formula is C20H24ClN3O2. The van der Waals surface area contributed by atoms with Gasteiger partial charge >= 0.3 is 5.69 Å². The van der Waals surface area contributed by atoms with Crippen molar-refractivity contribution in [3.05, 3.63) is 63.5 Å². The van der Waals surface area contributed by atoms with Gasteiger partial charge in [-0.1, -0.05) is 43.1 Å². The maximum Gasteiger partial charge on any atom is 0.347 e. The summed E-state index contributed by atoms with van der Waals surface area (Å²) in [6, 6.07) is 13.6. The number of aromatic nitrogens is 2. The van der Waals surface area contributed by atoms with E-state index in [1.165, 1.54) is 0 Å². The Morgan fingerprint density at radius 2 is 1.92 bits per heavy atom. The summed E-state index contributed by atoms with van der Waals surface area (Å²) in [7, 11) is 1.78. The highest BCUT2D eigenvalue weighted by Crippen LogP contribution is 2.25. The number of nitrogens with zero attached hydrogens (tertiary/aromatic N) is 2. The van der Waals surface area contributed by atoms with Crippen LogP contribution in [0.25, 0.3) is 11.0 Å². The van der Waals surface area contributed by atoms with Crippen LogP contribution in [0.2, 0.25) is 5.02 Å². The van der Waals surface area contributed by atoms with Gasteiger partial charge in [-0.3, -0.25) is 4.57 Å². The first kappa shape index (κ1) is 18.4. The molecule has 1 heterocycles. The number of imidazole rings is 1. The fourth-order valence-corrected chi connectivity index (χ4v) is 3.16. The van der Waals surface area contributed by atoms with Crippen molar-refractivity contribution in [2.75, 3.05) is 18.6 Å². The minimum Gasteiger partial charge on any atom is -0.492 e. The molecule has 0 saturated heterocycles. The second-order valence-corrected chi connectivity index (χ2v) is 6.70. The molecule has 0 radical (unpaired) electrons. The highest BCUT2D eigenvalue weighted by atomic mass is 35.5. The third kappa shape index (κ3) is 3.88. The number of aryl methyl sites for hydroxylation is 1. The molecule has 3 rings (SSSR count). The standard InChI is InChI=1S/C20H24ClN3O2/c1-3-4-13-26-19-10-9-15(14-16(19)21)11-12-22-24-18-8-6-5-7-17(18)23(2)20(24)25/h5-10,14,22H,3-4,11-13H2,1-2H3. The molecule has 0 amide bonds. The molecule has 0 saturated carbocycles. The summed E-state index contributed by atoms with van der Waals surface area (Å²) in [6.45, 7) is 3.43. The smallest absolute Gasteiger partial charge is 0.347 e. The second-order valence-electron chi connectivity index (χ2n) is 6.29. The lowest BCUT2D eigenvalue weighted by atomic mass is 10.1. The van der Waals surface area contributed by atoms with Gasteiger partial charge in [0.2, 0.25) is 0 Å². The zero-order valence-electron chi connectivity index (χ0n) is 15.2. The van der Waals surface area contributed by atoms with E-state index in [1.54, 1.807) is 16.3 Å². The van der Waals surface area contributed by atoms with Gasteiger partial charge in [0.15, 0.2) is 0 Å². The van der Waals surface area contributed by atoms with E-state index in [1.807, 2.05) is 42.5 Å². The lowest BCUT2D eigenvalue weighted by Crippen LogP contribution is -2.30. The predicted molar refractivity (Wildman–Crippen MR) is 107 cm³/mol. The van der Waals surface area contributed by atoms with Crippen LogP contribution in [0.15, 0.2) is 47.3 Å². The van der Waals surface area contributed by atoms with Crippen molar-refractivity contribution in [1.82, 2.24) is 9.24 Å². The lowest BCUT2D eigenvalue weighted by Gasteiger charge is -2.10. The van der Waals surface area contributed by atoms with E-state index in [4.69, 9.17) is 16.3 Å². The topological polar surface area (TPSA) is 48.2 Å². The number of rotatable bonds is 8. The Hall–Kier alpha value is -2.40. The molecule has 0 atom stereocenters. The summed E-state index contributed by atoms with van der Waals surface area (Å²) in [5, 5.41) is 0.626. The molecule has 138 valence electrons. The molecule has 0 aliphatic heterocycles. The van der Waals surface area contributed by atoms with Crippen molar-refractivity contribution in [2.24, 2.45) is 7.05 Å². The number of hydrogen-bond acceptors (Lipinski definition) is 3. The third-order valence-electron chi connectivity index (χ3n) is 4.40. The molecule has 2 aromatic carbocycles. The summed E-state index contributed by atoms with van der Waals surface area (Å²) in [5.41, 5.74) is 6.00. The number of halogens is 1. The fraction of sp³-hybridized carbons (Fsp3) is 0.350. The second kappa shape index (κ2) is 8.32. The largest absolute Gasteiger partial charge is 0.492 e. The maximum absolute atomic E-state index is 12.4. The summed E-state index contributed by atoms with van der Waals surface area (Å²) >= 11 is 6.31. The quantitative estimate of drug-likeness (QED) is 0.608. The van der Waals surface area contributed by atoms with Gasteiger partial charge in [0.05, 0.1) is 22.7 Å². The normalized spacial score (nSPS) is 11.0. The van der Waals surface area contributed by atoms with E-state index < -0.39 is 0 Å². The van der Waals surface area contributed by atoms with Crippen LogP contribution in [0.4, 0.5) is 0 Å². The van der Waals surface area contributed by atoms with E-state index in [2.05, 4.69) is 12.3 Å². The predicted octanol–water partition coefficient (Wildman–Crippen LogP) is 3.96. The molecule has 0 aliphatic carbocycles. The van der Waals surface area contributed by atoms with Crippen molar-refractivity contribution in [2.45, 2.75) is 26.2 Å². The Bertz CT molecular complexity index is 946. The zero-order valence-corrected chi connectivity index (χ0v) is 15.9.